The van der Waals surface area contributed by atoms with Crippen molar-refractivity contribution in [3.63, 3.8) is 0 Å². The van der Waals surface area contributed by atoms with E-state index in [2.05, 4.69) is 0 Å². The summed E-state index contributed by atoms with van der Waals surface area (Å²) in [5.74, 6) is 0.852. The number of amides is 2. The number of carbonyl (C=O) groups is 2. The fourth-order valence-electron chi connectivity index (χ4n) is 3.77. The zero-order chi connectivity index (χ0) is 24.0. The number of benzene rings is 2. The van der Waals surface area contributed by atoms with Gasteiger partial charge in [0.05, 0.1) is 32.6 Å². The second kappa shape index (κ2) is 11.0. The number of hydrazone groups is 1. The van der Waals surface area contributed by atoms with E-state index in [1.165, 1.54) is 16.8 Å². The van der Waals surface area contributed by atoms with Crippen molar-refractivity contribution in [3.05, 3.63) is 59.2 Å². The van der Waals surface area contributed by atoms with E-state index < -0.39 is 0 Å². The monoisotopic (exact) mass is 453 g/mol. The van der Waals surface area contributed by atoms with Crippen LogP contribution in [0.3, 0.4) is 0 Å². The third-order valence-corrected chi connectivity index (χ3v) is 5.68. The first-order valence-corrected chi connectivity index (χ1v) is 10.8. The molecule has 1 aliphatic rings. The van der Waals surface area contributed by atoms with Crippen molar-refractivity contribution in [1.82, 2.24) is 9.91 Å². The molecule has 0 fully saturated rings. The quantitative estimate of drug-likeness (QED) is 0.583. The van der Waals surface area contributed by atoms with Gasteiger partial charge in [0.25, 0.3) is 5.91 Å². The van der Waals surface area contributed by atoms with Crippen LogP contribution in [0.25, 0.3) is 0 Å². The van der Waals surface area contributed by atoms with Crippen LogP contribution in [-0.2, 0) is 14.3 Å². The molecule has 3 rings (SSSR count). The van der Waals surface area contributed by atoms with Crippen molar-refractivity contribution < 1.29 is 23.8 Å². The summed E-state index contributed by atoms with van der Waals surface area (Å²) < 4.78 is 15.9. The Kier molecular flexibility index (Phi) is 8.06. The van der Waals surface area contributed by atoms with Gasteiger partial charge in [-0.2, -0.15) is 5.10 Å². The SMILES string of the molecule is COCCN(CC(=O)N1N=C(c2ccc(OC)cc2OC)CC1c1ccc(C)cc1)C(C)=O. The van der Waals surface area contributed by atoms with Crippen LogP contribution >= 0.6 is 0 Å². The summed E-state index contributed by atoms with van der Waals surface area (Å²) in [6.07, 6.45) is 0.523. The topological polar surface area (TPSA) is 80.7 Å². The molecular weight excluding hydrogens is 422 g/mol. The maximum Gasteiger partial charge on any atom is 0.262 e. The van der Waals surface area contributed by atoms with Crippen LogP contribution < -0.4 is 9.47 Å². The largest absolute Gasteiger partial charge is 0.497 e. The van der Waals surface area contributed by atoms with Crippen LogP contribution in [0.15, 0.2) is 47.6 Å². The minimum absolute atomic E-state index is 0.0718. The lowest BCUT2D eigenvalue weighted by molar-refractivity contribution is -0.141. The Labute approximate surface area is 194 Å². The first-order chi connectivity index (χ1) is 15.9. The maximum absolute atomic E-state index is 13.3. The van der Waals surface area contributed by atoms with Crippen molar-refractivity contribution in [2.24, 2.45) is 5.10 Å². The van der Waals surface area contributed by atoms with E-state index in [1.807, 2.05) is 43.3 Å². The molecule has 176 valence electrons. The summed E-state index contributed by atoms with van der Waals surface area (Å²) in [6.45, 7) is 4.08. The Balaban J connectivity index is 1.95. The highest BCUT2D eigenvalue weighted by molar-refractivity contribution is 6.05. The molecule has 0 spiro atoms. The minimum atomic E-state index is -0.281. The Bertz CT molecular complexity index is 1020. The summed E-state index contributed by atoms with van der Waals surface area (Å²) in [5, 5.41) is 6.20. The number of carbonyl (C=O) groups excluding carboxylic acids is 2. The molecule has 1 unspecified atom stereocenters. The van der Waals surface area contributed by atoms with Crippen LogP contribution in [0.5, 0.6) is 11.5 Å². The lowest BCUT2D eigenvalue weighted by Crippen LogP contribution is -2.41. The minimum Gasteiger partial charge on any atom is -0.497 e. The van der Waals surface area contributed by atoms with E-state index in [0.717, 1.165) is 22.4 Å². The van der Waals surface area contributed by atoms with Crippen LogP contribution in [-0.4, -0.2) is 68.5 Å². The normalized spacial score (nSPS) is 15.2. The standard InChI is InChI=1S/C25H31N3O5/c1-17-6-8-19(9-7-17)23-15-22(21-11-10-20(32-4)14-24(21)33-5)26-28(23)25(30)16-27(18(2)29)12-13-31-3/h6-11,14,23H,12-13,15-16H2,1-5H3. The molecule has 1 aliphatic heterocycles. The average molecular weight is 454 g/mol. The van der Waals surface area contributed by atoms with E-state index in [4.69, 9.17) is 19.3 Å². The average Bonchev–Trinajstić information content (AvgIpc) is 3.26. The molecule has 0 N–H and O–H groups in total. The highest BCUT2D eigenvalue weighted by Crippen LogP contribution is 2.36. The van der Waals surface area contributed by atoms with E-state index in [1.54, 1.807) is 27.4 Å². The lowest BCUT2D eigenvalue weighted by atomic mass is 9.97. The zero-order valence-corrected chi connectivity index (χ0v) is 19.8. The van der Waals surface area contributed by atoms with Gasteiger partial charge in [0, 0.05) is 38.6 Å². The molecule has 33 heavy (non-hydrogen) atoms. The number of rotatable bonds is 9. The highest BCUT2D eigenvalue weighted by atomic mass is 16.5. The number of aryl methyl sites for hydroxylation is 1. The Morgan fingerprint density at radius 3 is 2.42 bits per heavy atom. The highest BCUT2D eigenvalue weighted by Gasteiger charge is 2.35. The summed E-state index contributed by atoms with van der Waals surface area (Å²) in [5.41, 5.74) is 3.65. The fourth-order valence-corrected chi connectivity index (χ4v) is 3.77. The maximum atomic E-state index is 13.3. The molecule has 1 heterocycles. The van der Waals surface area contributed by atoms with E-state index >= 15 is 0 Å². The van der Waals surface area contributed by atoms with Gasteiger partial charge < -0.3 is 19.1 Å². The van der Waals surface area contributed by atoms with Gasteiger partial charge in [-0.05, 0) is 24.6 Å². The molecule has 8 nitrogen and oxygen atoms in total. The van der Waals surface area contributed by atoms with Crippen LogP contribution in [0.4, 0.5) is 0 Å². The van der Waals surface area contributed by atoms with E-state index in [9.17, 15) is 9.59 Å². The predicted molar refractivity (Wildman–Crippen MR) is 126 cm³/mol. The second-order valence-electron chi connectivity index (χ2n) is 7.92. The summed E-state index contributed by atoms with van der Waals surface area (Å²) in [7, 11) is 4.75. The number of nitrogens with zero attached hydrogens (tertiary/aromatic N) is 3. The van der Waals surface area contributed by atoms with Gasteiger partial charge in [-0.3, -0.25) is 9.59 Å². The molecule has 0 saturated carbocycles. The van der Waals surface area contributed by atoms with Crippen molar-refractivity contribution in [2.45, 2.75) is 26.3 Å². The number of methoxy groups -OCH3 is 3. The molecule has 0 aliphatic carbocycles. The van der Waals surface area contributed by atoms with Crippen molar-refractivity contribution in [2.75, 3.05) is 41.0 Å². The molecule has 0 bridgehead atoms. The first kappa shape index (κ1) is 24.3. The summed E-state index contributed by atoms with van der Waals surface area (Å²) in [6, 6.07) is 13.3. The molecule has 0 aromatic heterocycles. The third kappa shape index (κ3) is 5.70. The lowest BCUT2D eigenvalue weighted by Gasteiger charge is -2.26. The fraction of sp³-hybridized carbons (Fsp3) is 0.400. The first-order valence-electron chi connectivity index (χ1n) is 10.8. The van der Waals surface area contributed by atoms with Crippen molar-refractivity contribution in [1.29, 1.82) is 0 Å². The third-order valence-electron chi connectivity index (χ3n) is 5.68. The Morgan fingerprint density at radius 1 is 1.09 bits per heavy atom. The molecule has 2 aromatic carbocycles. The number of hydrogen-bond donors (Lipinski definition) is 0. The molecule has 0 saturated heterocycles. The van der Waals surface area contributed by atoms with Crippen LogP contribution in [0.2, 0.25) is 0 Å². The van der Waals surface area contributed by atoms with E-state index in [0.29, 0.717) is 31.1 Å². The van der Waals surface area contributed by atoms with E-state index in [-0.39, 0.29) is 24.4 Å². The van der Waals surface area contributed by atoms with Gasteiger partial charge in [-0.1, -0.05) is 29.8 Å². The van der Waals surface area contributed by atoms with Gasteiger partial charge in [0.2, 0.25) is 5.91 Å². The molecule has 1 atom stereocenters. The Hall–Kier alpha value is -3.39. The molecule has 2 aromatic rings. The van der Waals surface area contributed by atoms with Gasteiger partial charge in [-0.15, -0.1) is 0 Å². The number of hydrogen-bond acceptors (Lipinski definition) is 6. The number of ether oxygens (including phenoxy) is 3. The predicted octanol–water partition coefficient (Wildman–Crippen LogP) is 3.18. The van der Waals surface area contributed by atoms with Crippen molar-refractivity contribution in [3.8, 4) is 11.5 Å². The molecule has 2 amide bonds. The van der Waals surface area contributed by atoms with Crippen LogP contribution in [0, 0.1) is 6.92 Å². The second-order valence-corrected chi connectivity index (χ2v) is 7.92. The van der Waals surface area contributed by atoms with Crippen molar-refractivity contribution >= 4 is 17.5 Å². The molecule has 0 radical (unpaired) electrons. The van der Waals surface area contributed by atoms with Crippen LogP contribution in [0.1, 0.15) is 36.1 Å². The Morgan fingerprint density at radius 2 is 1.82 bits per heavy atom. The van der Waals surface area contributed by atoms with Gasteiger partial charge in [-0.25, -0.2) is 5.01 Å². The zero-order valence-electron chi connectivity index (χ0n) is 19.8. The smallest absolute Gasteiger partial charge is 0.262 e. The van der Waals surface area contributed by atoms with Gasteiger partial charge in [0.1, 0.15) is 18.0 Å². The van der Waals surface area contributed by atoms with Gasteiger partial charge >= 0.3 is 0 Å². The summed E-state index contributed by atoms with van der Waals surface area (Å²) in [4.78, 5) is 26.9. The van der Waals surface area contributed by atoms with Gasteiger partial charge in [0.15, 0.2) is 0 Å². The summed E-state index contributed by atoms with van der Waals surface area (Å²) >= 11 is 0. The molecular formula is C25H31N3O5. The molecule has 8 heteroatoms.